The number of benzene rings is 2. The van der Waals surface area contributed by atoms with Crippen molar-refractivity contribution in [2.45, 2.75) is 11.1 Å². The van der Waals surface area contributed by atoms with Gasteiger partial charge in [-0.1, -0.05) is 17.7 Å². The number of urea groups is 1. The van der Waals surface area contributed by atoms with E-state index in [1.165, 1.54) is 36.2 Å². The lowest BCUT2D eigenvalue weighted by atomic mass is 10.1. The van der Waals surface area contributed by atoms with Crippen LogP contribution in [0.5, 0.6) is 0 Å². The number of hydrogen-bond acceptors (Lipinski definition) is 6. The van der Waals surface area contributed by atoms with E-state index in [0.29, 0.717) is 17.7 Å². The number of rotatable bonds is 8. The smallest absolute Gasteiger partial charge is 0.344 e. The van der Waals surface area contributed by atoms with Gasteiger partial charge in [-0.2, -0.15) is 0 Å². The third-order valence-corrected chi connectivity index (χ3v) is 8.98. The molecule has 0 bridgehead atoms. The zero-order chi connectivity index (χ0) is 26.6. The Morgan fingerprint density at radius 3 is 2.50 bits per heavy atom. The first kappa shape index (κ1) is 27.9. The molecule has 8 nitrogen and oxygen atoms in total. The minimum Gasteiger partial charge on any atom is -0.382 e. The van der Waals surface area contributed by atoms with Gasteiger partial charge in [-0.05, 0) is 55.0 Å². The molecule has 3 rings (SSSR count). The highest BCUT2D eigenvalue weighted by atomic mass is 127. The van der Waals surface area contributed by atoms with E-state index in [-0.39, 0.29) is 19.9 Å². The molecule has 3 amide bonds. The van der Waals surface area contributed by atoms with Crippen molar-refractivity contribution >= 4 is 84.8 Å². The highest BCUT2D eigenvalue weighted by molar-refractivity contribution is 14.1. The number of nitrogens with zero attached hydrogens (tertiary/aromatic N) is 2. The lowest BCUT2D eigenvalue weighted by molar-refractivity contribution is 0.0991. The van der Waals surface area contributed by atoms with Gasteiger partial charge in [0.15, 0.2) is 0 Å². The number of anilines is 3. The van der Waals surface area contributed by atoms with Crippen LogP contribution in [0.1, 0.15) is 15.9 Å². The number of nitrogens with one attached hydrogen (secondary N) is 2. The zero-order valence-electron chi connectivity index (χ0n) is 19.1. The normalized spacial score (nSPS) is 11.0. The second kappa shape index (κ2) is 11.6. The predicted octanol–water partition coefficient (Wildman–Crippen LogP) is 5.98. The standard InChI is InChI=1S/C23H21ClFIN4O4S2/c1-4-11-27-15-5-7-17(14(2)12-15)22(31)29(3)19-8-6-16(13-18(19)25)30(26)23(32)28-36(33,34)21-10-9-20(24)35-21/h4-10,12-13,27H,1,11H2,2-3H3,(H,28,32). The molecule has 0 saturated heterocycles. The number of sulfonamides is 1. The summed E-state index contributed by atoms with van der Waals surface area (Å²) in [6, 6.07) is 10.7. The van der Waals surface area contributed by atoms with Gasteiger partial charge in [-0.3, -0.25) is 4.79 Å². The van der Waals surface area contributed by atoms with E-state index in [0.717, 1.165) is 26.2 Å². The molecule has 190 valence electrons. The summed E-state index contributed by atoms with van der Waals surface area (Å²) < 4.78 is 42.7. The first-order valence-electron chi connectivity index (χ1n) is 10.3. The Morgan fingerprint density at radius 1 is 1.19 bits per heavy atom. The Morgan fingerprint density at radius 2 is 1.92 bits per heavy atom. The molecular formula is C23H21ClFIN4O4S2. The van der Waals surface area contributed by atoms with Crippen molar-refractivity contribution in [3.63, 3.8) is 0 Å². The molecule has 0 aliphatic carbocycles. The molecule has 2 aromatic carbocycles. The molecule has 1 aromatic heterocycles. The molecule has 36 heavy (non-hydrogen) atoms. The number of carbonyl (C=O) groups is 2. The lowest BCUT2D eigenvalue weighted by Gasteiger charge is -2.21. The summed E-state index contributed by atoms with van der Waals surface area (Å²) >= 11 is 8.12. The third-order valence-electron chi connectivity index (χ3n) is 4.94. The van der Waals surface area contributed by atoms with Gasteiger partial charge < -0.3 is 10.2 Å². The summed E-state index contributed by atoms with van der Waals surface area (Å²) in [4.78, 5) is 26.7. The largest absolute Gasteiger partial charge is 0.382 e. The van der Waals surface area contributed by atoms with Crippen LogP contribution in [0.3, 0.4) is 0 Å². The van der Waals surface area contributed by atoms with Crippen LogP contribution in [0, 0.1) is 12.7 Å². The quantitative estimate of drug-likeness (QED) is 0.176. The van der Waals surface area contributed by atoms with Crippen LogP contribution < -0.4 is 18.1 Å². The molecule has 0 aliphatic heterocycles. The average Bonchev–Trinajstić information content (AvgIpc) is 3.28. The number of amides is 3. The Kier molecular flexibility index (Phi) is 8.98. The van der Waals surface area contributed by atoms with Gasteiger partial charge in [0.05, 0.1) is 38.6 Å². The van der Waals surface area contributed by atoms with Crippen molar-refractivity contribution < 1.29 is 22.4 Å². The van der Waals surface area contributed by atoms with Crippen molar-refractivity contribution in [3.8, 4) is 0 Å². The number of thiophene rings is 1. The molecule has 2 N–H and O–H groups in total. The Hall–Kier alpha value is -2.68. The second-order valence-corrected chi connectivity index (χ2v) is 12.0. The maximum Gasteiger partial charge on any atom is 0.344 e. The van der Waals surface area contributed by atoms with Gasteiger partial charge in [-0.25, -0.2) is 25.4 Å². The van der Waals surface area contributed by atoms with E-state index < -0.39 is 27.8 Å². The van der Waals surface area contributed by atoms with Crippen molar-refractivity contribution in [1.29, 1.82) is 0 Å². The van der Waals surface area contributed by atoms with Gasteiger partial charge in [0.1, 0.15) is 10.0 Å². The van der Waals surface area contributed by atoms with E-state index in [1.807, 2.05) is 10.8 Å². The maximum absolute atomic E-state index is 15.0. The Bertz CT molecular complexity index is 1430. The number of carbonyl (C=O) groups excluding carboxylic acids is 2. The molecule has 0 atom stereocenters. The van der Waals surface area contributed by atoms with Crippen LogP contribution >= 0.6 is 45.8 Å². The van der Waals surface area contributed by atoms with E-state index in [4.69, 9.17) is 11.6 Å². The Labute approximate surface area is 231 Å². The van der Waals surface area contributed by atoms with Gasteiger partial charge >= 0.3 is 6.03 Å². The molecule has 13 heteroatoms. The monoisotopic (exact) mass is 662 g/mol. The van der Waals surface area contributed by atoms with E-state index in [1.54, 1.807) is 48.0 Å². The molecular weight excluding hydrogens is 642 g/mol. The SMILES string of the molecule is C=CCNc1ccc(C(=O)N(C)c2ccc(N(I)C(=O)NS(=O)(=O)c3ccc(Cl)s3)cc2F)c(C)c1. The van der Waals surface area contributed by atoms with Crippen molar-refractivity contribution in [2.75, 3.05) is 26.9 Å². The highest BCUT2D eigenvalue weighted by Crippen LogP contribution is 2.29. The minimum absolute atomic E-state index is 0.0110. The Balaban J connectivity index is 1.76. The number of hydrogen-bond donors (Lipinski definition) is 2. The highest BCUT2D eigenvalue weighted by Gasteiger charge is 2.25. The molecule has 0 unspecified atom stereocenters. The summed E-state index contributed by atoms with van der Waals surface area (Å²) in [7, 11) is -2.70. The van der Waals surface area contributed by atoms with Gasteiger partial charge in [0.2, 0.25) is 0 Å². The van der Waals surface area contributed by atoms with E-state index in [2.05, 4.69) is 11.9 Å². The number of halogens is 3. The zero-order valence-corrected chi connectivity index (χ0v) is 23.6. The van der Waals surface area contributed by atoms with Gasteiger partial charge in [-0.15, -0.1) is 17.9 Å². The fourth-order valence-corrected chi connectivity index (χ4v) is 6.15. The molecule has 0 saturated carbocycles. The lowest BCUT2D eigenvalue weighted by Crippen LogP contribution is -2.37. The van der Waals surface area contributed by atoms with E-state index >= 15 is 4.39 Å². The molecule has 3 aromatic rings. The fourth-order valence-electron chi connectivity index (χ4n) is 3.15. The van der Waals surface area contributed by atoms with Crippen molar-refractivity contribution in [2.24, 2.45) is 0 Å². The van der Waals surface area contributed by atoms with E-state index in [9.17, 15) is 18.0 Å². The molecule has 0 radical (unpaired) electrons. The van der Waals surface area contributed by atoms with Crippen LogP contribution in [0.15, 0.2) is 65.4 Å². The predicted molar refractivity (Wildman–Crippen MR) is 151 cm³/mol. The van der Waals surface area contributed by atoms with Crippen LogP contribution in [0.4, 0.5) is 26.2 Å². The first-order valence-corrected chi connectivity index (χ1v) is 13.9. The topological polar surface area (TPSA) is 98.8 Å². The van der Waals surface area contributed by atoms with Crippen LogP contribution in [-0.4, -0.2) is 33.9 Å². The third kappa shape index (κ3) is 6.35. The summed E-state index contributed by atoms with van der Waals surface area (Å²) in [5.74, 6) is -1.19. The first-order chi connectivity index (χ1) is 16.9. The summed E-state index contributed by atoms with van der Waals surface area (Å²) in [5, 5.41) is 3.14. The van der Waals surface area contributed by atoms with Crippen molar-refractivity contribution in [3.05, 3.63) is 82.5 Å². The van der Waals surface area contributed by atoms with Crippen LogP contribution in [0.2, 0.25) is 4.34 Å². The van der Waals surface area contributed by atoms with Crippen LogP contribution in [0.25, 0.3) is 0 Å². The summed E-state index contributed by atoms with van der Waals surface area (Å²) in [6.45, 7) is 6.01. The van der Waals surface area contributed by atoms with Crippen molar-refractivity contribution in [1.82, 2.24) is 4.72 Å². The summed E-state index contributed by atoms with van der Waals surface area (Å²) in [6.07, 6.45) is 1.72. The van der Waals surface area contributed by atoms with Gasteiger partial charge in [0.25, 0.3) is 15.9 Å². The number of aryl methyl sites for hydroxylation is 1. The fraction of sp³-hybridized carbons (Fsp3) is 0.130. The maximum atomic E-state index is 15.0. The van der Waals surface area contributed by atoms with Crippen LogP contribution in [-0.2, 0) is 10.0 Å². The molecule has 0 spiro atoms. The summed E-state index contributed by atoms with van der Waals surface area (Å²) in [5.41, 5.74) is 2.00. The average molecular weight is 663 g/mol. The minimum atomic E-state index is -4.15. The second-order valence-electron chi connectivity index (χ2n) is 7.45. The molecule has 1 heterocycles. The molecule has 0 fully saturated rings. The molecule has 0 aliphatic rings. The van der Waals surface area contributed by atoms with Gasteiger partial charge in [0, 0.05) is 30.9 Å².